The van der Waals surface area contributed by atoms with Gasteiger partial charge in [-0.2, -0.15) is 0 Å². The van der Waals surface area contributed by atoms with Gasteiger partial charge in [0.2, 0.25) is 0 Å². The number of aryl methyl sites for hydroxylation is 1. The van der Waals surface area contributed by atoms with Crippen molar-refractivity contribution in [2.24, 2.45) is 0 Å². The molecule has 0 spiro atoms. The summed E-state index contributed by atoms with van der Waals surface area (Å²) in [5, 5.41) is 13.7. The Balaban J connectivity index is 2.01. The molecule has 0 fully saturated rings. The van der Waals surface area contributed by atoms with Gasteiger partial charge in [0.05, 0.1) is 4.92 Å². The average Bonchev–Trinajstić information content (AvgIpc) is 2.56. The Bertz CT molecular complexity index is 856. The topological polar surface area (TPSA) is 98.5 Å². The minimum Gasteiger partial charge on any atom is -0.452 e. The smallest absolute Gasteiger partial charge is 0.345 e. The molecule has 0 aliphatic rings. The van der Waals surface area contributed by atoms with Crippen LogP contribution in [0.2, 0.25) is 5.02 Å². The third-order valence-corrected chi connectivity index (χ3v) is 4.28. The third-order valence-electron chi connectivity index (χ3n) is 3.15. The molecule has 1 N–H and O–H groups in total. The molecule has 2 aromatic carbocycles. The van der Waals surface area contributed by atoms with Crippen LogP contribution in [-0.4, -0.2) is 23.4 Å². The van der Waals surface area contributed by atoms with Crippen LogP contribution < -0.4 is 5.32 Å². The Morgan fingerprint density at radius 2 is 2.00 bits per heavy atom. The molecule has 0 heterocycles. The number of rotatable bonds is 5. The predicted octanol–water partition coefficient (Wildman–Crippen LogP) is 4.11. The van der Waals surface area contributed by atoms with Gasteiger partial charge in [-0.05, 0) is 42.8 Å². The fourth-order valence-electron chi connectivity index (χ4n) is 1.96. The number of ether oxygens (including phenoxy) is 1. The van der Waals surface area contributed by atoms with E-state index in [1.165, 1.54) is 12.1 Å². The van der Waals surface area contributed by atoms with Crippen LogP contribution in [0.5, 0.6) is 0 Å². The van der Waals surface area contributed by atoms with E-state index in [1.807, 2.05) is 6.92 Å². The van der Waals surface area contributed by atoms with Gasteiger partial charge in [-0.15, -0.1) is 0 Å². The second kappa shape index (κ2) is 8.09. The van der Waals surface area contributed by atoms with E-state index >= 15 is 0 Å². The van der Waals surface area contributed by atoms with Gasteiger partial charge >= 0.3 is 5.97 Å². The summed E-state index contributed by atoms with van der Waals surface area (Å²) in [7, 11) is 0. The van der Waals surface area contributed by atoms with E-state index in [1.54, 1.807) is 18.2 Å². The van der Waals surface area contributed by atoms with Crippen LogP contribution in [0.1, 0.15) is 15.9 Å². The van der Waals surface area contributed by atoms with Gasteiger partial charge in [-0.1, -0.05) is 27.5 Å². The molecule has 0 aromatic heterocycles. The molecule has 7 nitrogen and oxygen atoms in total. The maximum Gasteiger partial charge on any atom is 0.345 e. The maximum absolute atomic E-state index is 12.0. The van der Waals surface area contributed by atoms with Crippen LogP contribution in [0.15, 0.2) is 40.9 Å². The zero-order chi connectivity index (χ0) is 18.6. The quantitative estimate of drug-likeness (QED) is 0.440. The first kappa shape index (κ1) is 18.9. The van der Waals surface area contributed by atoms with Crippen molar-refractivity contribution in [2.45, 2.75) is 6.92 Å². The lowest BCUT2D eigenvalue weighted by atomic mass is 10.2. The first-order chi connectivity index (χ1) is 11.8. The summed E-state index contributed by atoms with van der Waals surface area (Å²) < 4.78 is 5.73. The Morgan fingerprint density at radius 3 is 2.64 bits per heavy atom. The summed E-state index contributed by atoms with van der Waals surface area (Å²) >= 11 is 9.03. The van der Waals surface area contributed by atoms with E-state index in [0.29, 0.717) is 5.69 Å². The number of hydrogen-bond acceptors (Lipinski definition) is 5. The highest BCUT2D eigenvalue weighted by atomic mass is 79.9. The summed E-state index contributed by atoms with van der Waals surface area (Å²) in [6.07, 6.45) is 0. The first-order valence-electron chi connectivity index (χ1n) is 6.95. The molecule has 0 aliphatic carbocycles. The number of benzene rings is 2. The Labute approximate surface area is 156 Å². The van der Waals surface area contributed by atoms with E-state index < -0.39 is 29.1 Å². The number of nitro benzene ring substituents is 1. The van der Waals surface area contributed by atoms with Crippen molar-refractivity contribution in [3.8, 4) is 0 Å². The number of nitro groups is 1. The van der Waals surface area contributed by atoms with Crippen molar-refractivity contribution in [3.63, 3.8) is 0 Å². The lowest BCUT2D eigenvalue weighted by molar-refractivity contribution is -0.385. The highest BCUT2D eigenvalue weighted by molar-refractivity contribution is 9.10. The van der Waals surface area contributed by atoms with Gasteiger partial charge in [-0.25, -0.2) is 4.79 Å². The number of nitrogens with zero attached hydrogens (tertiary/aromatic N) is 1. The highest BCUT2D eigenvalue weighted by Gasteiger charge is 2.22. The number of amides is 1. The summed E-state index contributed by atoms with van der Waals surface area (Å²) in [6.45, 7) is 1.28. The molecule has 0 saturated carbocycles. The number of carbonyl (C=O) groups is 2. The van der Waals surface area contributed by atoms with E-state index in [9.17, 15) is 19.7 Å². The molecule has 2 rings (SSSR count). The minimum absolute atomic E-state index is 0.117. The highest BCUT2D eigenvalue weighted by Crippen LogP contribution is 2.24. The molecule has 0 radical (unpaired) electrons. The lowest BCUT2D eigenvalue weighted by Gasteiger charge is -2.08. The number of anilines is 1. The maximum atomic E-state index is 12.0. The molecule has 0 unspecified atom stereocenters. The number of esters is 1. The van der Waals surface area contributed by atoms with Crippen LogP contribution in [0.25, 0.3) is 0 Å². The summed E-state index contributed by atoms with van der Waals surface area (Å²) in [4.78, 5) is 34.1. The van der Waals surface area contributed by atoms with Crippen molar-refractivity contribution >= 4 is 50.8 Å². The molecule has 2 aromatic rings. The molecule has 25 heavy (non-hydrogen) atoms. The van der Waals surface area contributed by atoms with Crippen LogP contribution in [-0.2, 0) is 9.53 Å². The fourth-order valence-corrected chi connectivity index (χ4v) is 2.37. The van der Waals surface area contributed by atoms with E-state index in [4.69, 9.17) is 16.3 Å². The van der Waals surface area contributed by atoms with Gasteiger partial charge in [0.25, 0.3) is 11.6 Å². The van der Waals surface area contributed by atoms with Crippen molar-refractivity contribution in [3.05, 3.63) is 67.1 Å². The Hall–Kier alpha value is -2.45. The largest absolute Gasteiger partial charge is 0.452 e. The standard InChI is InChI=1S/C16H12BrClN2O5/c1-9-6-11(3-5-13(9)17)19-15(21)8-25-16(22)12-4-2-10(18)7-14(12)20(23)24/h2-7H,8H2,1H3,(H,19,21). The molecule has 130 valence electrons. The number of halogens is 2. The van der Waals surface area contributed by atoms with Gasteiger partial charge in [-0.3, -0.25) is 14.9 Å². The van der Waals surface area contributed by atoms with Gasteiger partial charge in [0.15, 0.2) is 6.61 Å². The van der Waals surface area contributed by atoms with Crippen molar-refractivity contribution in [1.29, 1.82) is 0 Å². The first-order valence-corrected chi connectivity index (χ1v) is 8.12. The number of nitrogens with one attached hydrogen (secondary N) is 1. The normalized spacial score (nSPS) is 10.2. The van der Waals surface area contributed by atoms with Crippen LogP contribution in [0, 0.1) is 17.0 Å². The van der Waals surface area contributed by atoms with Crippen LogP contribution in [0.3, 0.4) is 0 Å². The molecular formula is C16H12BrClN2O5. The van der Waals surface area contributed by atoms with Gasteiger partial charge < -0.3 is 10.1 Å². The van der Waals surface area contributed by atoms with Gasteiger partial charge in [0.1, 0.15) is 5.56 Å². The summed E-state index contributed by atoms with van der Waals surface area (Å²) in [5.74, 6) is -1.54. The average molecular weight is 428 g/mol. The minimum atomic E-state index is -0.981. The van der Waals surface area contributed by atoms with Crippen molar-refractivity contribution in [1.82, 2.24) is 0 Å². The monoisotopic (exact) mass is 426 g/mol. The van der Waals surface area contributed by atoms with Crippen LogP contribution >= 0.6 is 27.5 Å². The lowest BCUT2D eigenvalue weighted by Crippen LogP contribution is -2.21. The molecule has 1 amide bonds. The molecule has 0 saturated heterocycles. The summed E-state index contributed by atoms with van der Waals surface area (Å²) in [6, 6.07) is 8.75. The zero-order valence-corrected chi connectivity index (χ0v) is 15.3. The molecule has 0 aliphatic heterocycles. The second-order valence-corrected chi connectivity index (χ2v) is 6.30. The van der Waals surface area contributed by atoms with Crippen molar-refractivity contribution in [2.75, 3.05) is 11.9 Å². The fraction of sp³-hybridized carbons (Fsp3) is 0.125. The molecule has 0 atom stereocenters. The number of carbonyl (C=O) groups excluding carboxylic acids is 2. The predicted molar refractivity (Wildman–Crippen MR) is 95.9 cm³/mol. The Kier molecular flexibility index (Phi) is 6.11. The SMILES string of the molecule is Cc1cc(NC(=O)COC(=O)c2ccc(Cl)cc2[N+](=O)[O-])ccc1Br. The number of hydrogen-bond donors (Lipinski definition) is 1. The van der Waals surface area contributed by atoms with E-state index in [-0.39, 0.29) is 10.6 Å². The third kappa shape index (κ3) is 5.01. The molecule has 0 bridgehead atoms. The Morgan fingerprint density at radius 1 is 1.28 bits per heavy atom. The van der Waals surface area contributed by atoms with Crippen LogP contribution in [0.4, 0.5) is 11.4 Å². The van der Waals surface area contributed by atoms with E-state index in [0.717, 1.165) is 16.1 Å². The molecule has 9 heteroatoms. The van der Waals surface area contributed by atoms with Gasteiger partial charge in [0, 0.05) is 21.2 Å². The zero-order valence-electron chi connectivity index (χ0n) is 12.9. The van der Waals surface area contributed by atoms with Crippen molar-refractivity contribution < 1.29 is 19.2 Å². The summed E-state index contributed by atoms with van der Waals surface area (Å²) in [5.41, 5.74) is 0.703. The van der Waals surface area contributed by atoms with E-state index in [2.05, 4.69) is 21.2 Å². The second-order valence-electron chi connectivity index (χ2n) is 5.01. The molecular weight excluding hydrogens is 416 g/mol.